The lowest BCUT2D eigenvalue weighted by molar-refractivity contribution is 0.219. The zero-order chi connectivity index (χ0) is 10.7. The Morgan fingerprint density at radius 3 is 3.00 bits per heavy atom. The van der Waals surface area contributed by atoms with Gasteiger partial charge >= 0.3 is 0 Å². The number of aromatic nitrogens is 2. The second kappa shape index (κ2) is 4.33. The van der Waals surface area contributed by atoms with Crippen molar-refractivity contribution in [1.82, 2.24) is 15.6 Å². The van der Waals surface area contributed by atoms with E-state index in [0.29, 0.717) is 5.82 Å². The van der Waals surface area contributed by atoms with Gasteiger partial charge in [-0.25, -0.2) is 5.43 Å². The van der Waals surface area contributed by atoms with Crippen molar-refractivity contribution in [2.24, 2.45) is 5.84 Å². The van der Waals surface area contributed by atoms with Gasteiger partial charge in [0.25, 0.3) is 0 Å². The molecule has 0 radical (unpaired) electrons. The average molecular weight is 209 g/mol. The number of rotatable bonds is 3. The number of hydrogen-bond acceptors (Lipinski definition) is 5. The van der Waals surface area contributed by atoms with Crippen molar-refractivity contribution in [2.45, 2.75) is 18.9 Å². The number of hydrogen-bond donors (Lipinski definition) is 4. The molecular weight excluding hydrogens is 194 g/mol. The molecule has 0 aromatic carbocycles. The Morgan fingerprint density at radius 2 is 2.47 bits per heavy atom. The minimum atomic E-state index is -0.121. The van der Waals surface area contributed by atoms with Crippen LogP contribution in [0.4, 0.5) is 5.82 Å². The number of nitrogens with one attached hydrogen (secondary N) is 2. The molecule has 0 spiro atoms. The van der Waals surface area contributed by atoms with Crippen LogP contribution in [0.5, 0.6) is 0 Å². The Labute approximate surface area is 87.6 Å². The van der Waals surface area contributed by atoms with E-state index in [1.165, 1.54) is 0 Å². The summed E-state index contributed by atoms with van der Waals surface area (Å²) in [6.07, 6.45) is 5.39. The molecule has 0 saturated carbocycles. The molecule has 0 bridgehead atoms. The lowest BCUT2D eigenvalue weighted by Gasteiger charge is -2.21. The van der Waals surface area contributed by atoms with Gasteiger partial charge in [-0.2, -0.15) is 5.10 Å². The monoisotopic (exact) mass is 209 g/mol. The van der Waals surface area contributed by atoms with Crippen LogP contribution in [-0.2, 0) is 4.74 Å². The van der Waals surface area contributed by atoms with Crippen LogP contribution in [0.1, 0.15) is 24.4 Å². The van der Waals surface area contributed by atoms with Crippen LogP contribution in [0.2, 0.25) is 0 Å². The number of nitrogens with two attached hydrogens (primary N) is 2. The highest BCUT2D eigenvalue weighted by atomic mass is 16.5. The topological polar surface area (TPSA) is 102 Å². The highest BCUT2D eigenvalue weighted by Gasteiger charge is 2.20. The Hall–Kier alpha value is -1.53. The maximum atomic E-state index is 5.74. The number of nitrogens with zero attached hydrogens (tertiary/aromatic N) is 1. The first-order valence-electron chi connectivity index (χ1n) is 4.88. The Kier molecular flexibility index (Phi) is 2.89. The van der Waals surface area contributed by atoms with Gasteiger partial charge in [-0.15, -0.1) is 0 Å². The van der Waals surface area contributed by atoms with E-state index in [1.807, 2.05) is 0 Å². The number of hydrazine groups is 1. The molecule has 1 aliphatic rings. The molecule has 1 aromatic rings. The van der Waals surface area contributed by atoms with Crippen LogP contribution < -0.4 is 17.0 Å². The molecule has 82 valence electrons. The molecule has 0 amide bonds. The number of anilines is 1. The summed E-state index contributed by atoms with van der Waals surface area (Å²) in [6, 6.07) is -0.121. The van der Waals surface area contributed by atoms with Gasteiger partial charge in [-0.3, -0.25) is 10.9 Å². The van der Waals surface area contributed by atoms with Crippen LogP contribution >= 0.6 is 0 Å². The predicted molar refractivity (Wildman–Crippen MR) is 56.3 cm³/mol. The summed E-state index contributed by atoms with van der Waals surface area (Å²) in [5, 5.41) is 6.56. The van der Waals surface area contributed by atoms with E-state index in [9.17, 15) is 0 Å². The second-order valence-electron chi connectivity index (χ2n) is 3.51. The lowest BCUT2D eigenvalue weighted by Crippen LogP contribution is -2.30. The molecule has 2 heterocycles. The zero-order valence-corrected chi connectivity index (χ0v) is 8.36. The number of nitrogen functional groups attached to an aromatic ring is 1. The van der Waals surface area contributed by atoms with Crippen molar-refractivity contribution in [2.75, 3.05) is 12.3 Å². The predicted octanol–water partition coefficient (Wildman–Crippen LogP) is 0.191. The van der Waals surface area contributed by atoms with Crippen LogP contribution in [0.25, 0.3) is 0 Å². The first-order chi connectivity index (χ1) is 7.33. The SMILES string of the molecule is NNC(C1=COCCC1)c1cn[nH]c1N. The summed E-state index contributed by atoms with van der Waals surface area (Å²) in [6.45, 7) is 0.766. The van der Waals surface area contributed by atoms with Crippen LogP contribution in [0.3, 0.4) is 0 Å². The molecule has 1 unspecified atom stereocenters. The fourth-order valence-corrected chi connectivity index (χ4v) is 1.73. The quantitative estimate of drug-likeness (QED) is 0.420. The van der Waals surface area contributed by atoms with E-state index in [4.69, 9.17) is 16.3 Å². The molecule has 1 atom stereocenters. The van der Waals surface area contributed by atoms with E-state index >= 15 is 0 Å². The molecule has 0 fully saturated rings. The first kappa shape index (κ1) is 10.0. The molecular formula is C9H15N5O. The minimum absolute atomic E-state index is 0.121. The van der Waals surface area contributed by atoms with E-state index < -0.39 is 0 Å². The summed E-state index contributed by atoms with van der Waals surface area (Å²) >= 11 is 0. The van der Waals surface area contributed by atoms with Gasteiger partial charge in [0, 0.05) is 5.56 Å². The minimum Gasteiger partial charge on any atom is -0.501 e. The van der Waals surface area contributed by atoms with Crippen molar-refractivity contribution in [3.8, 4) is 0 Å². The Balaban J connectivity index is 2.24. The largest absolute Gasteiger partial charge is 0.501 e. The Morgan fingerprint density at radius 1 is 1.60 bits per heavy atom. The third kappa shape index (κ3) is 1.95. The lowest BCUT2D eigenvalue weighted by atomic mass is 9.97. The molecule has 6 N–H and O–H groups in total. The summed E-state index contributed by atoms with van der Waals surface area (Å²) in [7, 11) is 0. The highest BCUT2D eigenvalue weighted by Crippen LogP contribution is 2.28. The second-order valence-corrected chi connectivity index (χ2v) is 3.51. The molecule has 1 aliphatic heterocycles. The maximum Gasteiger partial charge on any atom is 0.123 e. The fraction of sp³-hybridized carbons (Fsp3) is 0.444. The molecule has 2 rings (SSSR count). The zero-order valence-electron chi connectivity index (χ0n) is 8.36. The average Bonchev–Trinajstić information content (AvgIpc) is 2.68. The third-order valence-electron chi connectivity index (χ3n) is 2.51. The van der Waals surface area contributed by atoms with Crippen molar-refractivity contribution < 1.29 is 4.74 Å². The number of H-pyrrole nitrogens is 1. The maximum absolute atomic E-state index is 5.74. The molecule has 6 nitrogen and oxygen atoms in total. The molecule has 0 aliphatic carbocycles. The van der Waals surface area contributed by atoms with Gasteiger partial charge in [0.1, 0.15) is 5.82 Å². The van der Waals surface area contributed by atoms with E-state index in [0.717, 1.165) is 30.6 Å². The summed E-state index contributed by atoms with van der Waals surface area (Å²) in [4.78, 5) is 0. The number of aromatic amines is 1. The fourth-order valence-electron chi connectivity index (χ4n) is 1.73. The number of ether oxygens (including phenoxy) is 1. The summed E-state index contributed by atoms with van der Waals surface area (Å²) < 4.78 is 5.27. The van der Waals surface area contributed by atoms with Crippen molar-refractivity contribution in [3.05, 3.63) is 23.6 Å². The highest BCUT2D eigenvalue weighted by molar-refractivity contribution is 5.43. The standard InChI is InChI=1S/C9H15N5O/c10-9-7(4-12-14-9)8(13-11)6-2-1-3-15-5-6/h4-5,8,13H,1-3,11H2,(H3,10,12,14). The molecule has 6 heteroatoms. The third-order valence-corrected chi connectivity index (χ3v) is 2.51. The van der Waals surface area contributed by atoms with E-state index in [-0.39, 0.29) is 6.04 Å². The van der Waals surface area contributed by atoms with Crippen molar-refractivity contribution >= 4 is 5.82 Å². The van der Waals surface area contributed by atoms with Crippen LogP contribution in [0.15, 0.2) is 18.0 Å². The van der Waals surface area contributed by atoms with Crippen LogP contribution in [0, 0.1) is 0 Å². The van der Waals surface area contributed by atoms with Crippen molar-refractivity contribution in [3.63, 3.8) is 0 Å². The van der Waals surface area contributed by atoms with Gasteiger partial charge < -0.3 is 10.5 Å². The first-order valence-corrected chi connectivity index (χ1v) is 4.88. The molecule has 15 heavy (non-hydrogen) atoms. The Bertz CT molecular complexity index is 359. The normalized spacial score (nSPS) is 18.1. The summed E-state index contributed by atoms with van der Waals surface area (Å²) in [5.74, 6) is 6.05. The van der Waals surface area contributed by atoms with Gasteiger partial charge in [0.15, 0.2) is 0 Å². The van der Waals surface area contributed by atoms with Crippen molar-refractivity contribution in [1.29, 1.82) is 0 Å². The molecule has 1 aromatic heterocycles. The van der Waals surface area contributed by atoms with E-state index in [1.54, 1.807) is 12.5 Å². The van der Waals surface area contributed by atoms with Gasteiger partial charge in [-0.05, 0) is 18.4 Å². The summed E-state index contributed by atoms with van der Waals surface area (Å²) in [5.41, 5.74) is 10.4. The van der Waals surface area contributed by atoms with Gasteiger partial charge in [0.2, 0.25) is 0 Å². The smallest absolute Gasteiger partial charge is 0.123 e. The molecule has 0 saturated heterocycles. The van der Waals surface area contributed by atoms with E-state index in [2.05, 4.69) is 15.6 Å². The van der Waals surface area contributed by atoms with Gasteiger partial charge in [0.05, 0.1) is 25.1 Å². The van der Waals surface area contributed by atoms with Crippen LogP contribution in [-0.4, -0.2) is 16.8 Å². The van der Waals surface area contributed by atoms with Gasteiger partial charge in [-0.1, -0.05) is 0 Å².